The Morgan fingerprint density at radius 2 is 1.91 bits per heavy atom. The molecule has 0 bridgehead atoms. The van der Waals surface area contributed by atoms with Crippen molar-refractivity contribution < 1.29 is 0 Å². The summed E-state index contributed by atoms with van der Waals surface area (Å²) in [6.45, 7) is 6.66. The van der Waals surface area contributed by atoms with E-state index < -0.39 is 0 Å². The number of tetrazole rings is 1. The molecule has 0 fully saturated rings. The Hall–Kier alpha value is -3.26. The maximum atomic E-state index is 13.2. The quantitative estimate of drug-likeness (QED) is 0.425. The van der Waals surface area contributed by atoms with Crippen LogP contribution in [-0.2, 0) is 13.0 Å². The maximum Gasteiger partial charge on any atom is 0.330 e. The van der Waals surface area contributed by atoms with Gasteiger partial charge in [0.2, 0.25) is 5.82 Å². The van der Waals surface area contributed by atoms with Gasteiger partial charge in [-0.3, -0.25) is 14.1 Å². The van der Waals surface area contributed by atoms with Gasteiger partial charge in [0, 0.05) is 24.0 Å². The molecule has 8 nitrogen and oxygen atoms in total. The lowest BCUT2D eigenvalue weighted by molar-refractivity contribution is 0.505. The molecule has 0 saturated carbocycles. The second kappa shape index (κ2) is 9.48. The van der Waals surface area contributed by atoms with E-state index in [0.717, 1.165) is 47.2 Å². The number of pyridine rings is 1. The van der Waals surface area contributed by atoms with Gasteiger partial charge in [0.1, 0.15) is 5.15 Å². The van der Waals surface area contributed by atoms with E-state index in [9.17, 15) is 4.79 Å². The number of rotatable bonds is 8. The summed E-state index contributed by atoms with van der Waals surface area (Å²) in [5.41, 5.74) is 4.65. The molecule has 166 valence electrons. The Morgan fingerprint density at radius 3 is 2.56 bits per heavy atom. The normalized spacial score (nSPS) is 12.2. The van der Waals surface area contributed by atoms with E-state index in [1.165, 1.54) is 0 Å². The molecule has 0 spiro atoms. The molecule has 3 heterocycles. The van der Waals surface area contributed by atoms with Crippen LogP contribution in [0.4, 0.5) is 0 Å². The summed E-state index contributed by atoms with van der Waals surface area (Å²) in [5, 5.41) is 14.8. The molecule has 4 aromatic rings. The first-order valence-corrected chi connectivity index (χ1v) is 11.2. The highest BCUT2D eigenvalue weighted by Gasteiger charge is 2.21. The standard InChI is InChI=1S/C23H26ClN7O/c1-4-6-20-21(24)31(15(3)5-2)23(32)30(20)14-16-7-9-17(10-8-16)18-11-12-25-13-19(18)22-26-28-29-27-22/h7-13,15H,4-6,14H2,1-3H3,(H,26,27,28,29). The van der Waals surface area contributed by atoms with Gasteiger partial charge < -0.3 is 0 Å². The Balaban J connectivity index is 1.67. The highest BCUT2D eigenvalue weighted by molar-refractivity contribution is 6.30. The molecule has 3 aromatic heterocycles. The highest BCUT2D eigenvalue weighted by Crippen LogP contribution is 2.29. The molecular weight excluding hydrogens is 426 g/mol. The van der Waals surface area contributed by atoms with Crippen molar-refractivity contribution in [1.82, 2.24) is 34.7 Å². The van der Waals surface area contributed by atoms with Crippen LogP contribution in [0.2, 0.25) is 5.15 Å². The number of aromatic amines is 1. The topological polar surface area (TPSA) is 94.3 Å². The highest BCUT2D eigenvalue weighted by atomic mass is 35.5. The minimum atomic E-state index is -0.0506. The summed E-state index contributed by atoms with van der Waals surface area (Å²) in [5.74, 6) is 0.494. The van der Waals surface area contributed by atoms with E-state index in [0.29, 0.717) is 17.5 Å². The molecule has 0 radical (unpaired) electrons. The predicted molar refractivity (Wildman–Crippen MR) is 125 cm³/mol. The van der Waals surface area contributed by atoms with E-state index in [-0.39, 0.29) is 11.7 Å². The van der Waals surface area contributed by atoms with Crippen LogP contribution in [0.25, 0.3) is 22.5 Å². The van der Waals surface area contributed by atoms with Crippen molar-refractivity contribution in [1.29, 1.82) is 0 Å². The van der Waals surface area contributed by atoms with Crippen LogP contribution in [0.5, 0.6) is 0 Å². The van der Waals surface area contributed by atoms with Crippen molar-refractivity contribution in [3.63, 3.8) is 0 Å². The van der Waals surface area contributed by atoms with Gasteiger partial charge in [-0.1, -0.05) is 56.1 Å². The molecular formula is C23H26ClN7O. The van der Waals surface area contributed by atoms with E-state index in [4.69, 9.17) is 11.6 Å². The largest absolute Gasteiger partial charge is 0.330 e. The summed E-state index contributed by atoms with van der Waals surface area (Å²) < 4.78 is 3.53. The van der Waals surface area contributed by atoms with Crippen molar-refractivity contribution in [2.75, 3.05) is 0 Å². The molecule has 0 aliphatic heterocycles. The molecule has 0 amide bonds. The first-order chi connectivity index (χ1) is 15.5. The lowest BCUT2D eigenvalue weighted by atomic mass is 10.00. The summed E-state index contributed by atoms with van der Waals surface area (Å²) in [7, 11) is 0. The smallest absolute Gasteiger partial charge is 0.290 e. The fourth-order valence-electron chi connectivity index (χ4n) is 3.86. The summed E-state index contributed by atoms with van der Waals surface area (Å²) in [6.07, 6.45) is 6.00. The lowest BCUT2D eigenvalue weighted by Gasteiger charge is -2.10. The third-order valence-electron chi connectivity index (χ3n) is 5.74. The van der Waals surface area contributed by atoms with Gasteiger partial charge in [0.15, 0.2) is 0 Å². The van der Waals surface area contributed by atoms with E-state index >= 15 is 0 Å². The average Bonchev–Trinajstić information content (AvgIpc) is 3.43. The number of aromatic nitrogens is 7. The SMILES string of the molecule is CCCc1c(Cl)n(C(C)CC)c(=O)n1Cc1ccc(-c2ccncc2-c2nn[nH]n2)cc1. The van der Waals surface area contributed by atoms with E-state index in [2.05, 4.69) is 39.5 Å². The molecule has 0 aliphatic carbocycles. The second-order valence-electron chi connectivity index (χ2n) is 7.84. The Labute approximate surface area is 191 Å². The molecule has 4 rings (SSSR count). The minimum absolute atomic E-state index is 0.0506. The Kier molecular flexibility index (Phi) is 6.50. The van der Waals surface area contributed by atoms with Gasteiger partial charge in [-0.05, 0) is 47.7 Å². The zero-order chi connectivity index (χ0) is 22.7. The molecule has 9 heteroatoms. The lowest BCUT2D eigenvalue weighted by Crippen LogP contribution is -2.27. The van der Waals surface area contributed by atoms with Crippen molar-refractivity contribution in [3.8, 4) is 22.5 Å². The minimum Gasteiger partial charge on any atom is -0.290 e. The van der Waals surface area contributed by atoms with Gasteiger partial charge in [0.05, 0.1) is 12.2 Å². The summed E-state index contributed by atoms with van der Waals surface area (Å²) >= 11 is 6.64. The molecule has 1 unspecified atom stereocenters. The Morgan fingerprint density at radius 1 is 1.12 bits per heavy atom. The van der Waals surface area contributed by atoms with Gasteiger partial charge in [-0.25, -0.2) is 4.79 Å². The van der Waals surface area contributed by atoms with Crippen molar-refractivity contribution in [3.05, 3.63) is 69.6 Å². The average molecular weight is 452 g/mol. The first kappa shape index (κ1) is 22.0. The summed E-state index contributed by atoms with van der Waals surface area (Å²) in [4.78, 5) is 17.4. The second-order valence-corrected chi connectivity index (χ2v) is 8.20. The van der Waals surface area contributed by atoms with Gasteiger partial charge in [-0.2, -0.15) is 5.21 Å². The van der Waals surface area contributed by atoms with Gasteiger partial charge in [-0.15, -0.1) is 10.2 Å². The number of hydrogen-bond acceptors (Lipinski definition) is 5. The molecule has 32 heavy (non-hydrogen) atoms. The third kappa shape index (κ3) is 4.10. The van der Waals surface area contributed by atoms with Crippen LogP contribution in [0.1, 0.15) is 50.9 Å². The van der Waals surface area contributed by atoms with Crippen molar-refractivity contribution >= 4 is 11.6 Å². The fourth-order valence-corrected chi connectivity index (χ4v) is 4.29. The van der Waals surface area contributed by atoms with Crippen molar-refractivity contribution in [2.24, 2.45) is 0 Å². The van der Waals surface area contributed by atoms with Crippen LogP contribution < -0.4 is 5.69 Å². The third-order valence-corrected chi connectivity index (χ3v) is 6.14. The zero-order valence-corrected chi connectivity index (χ0v) is 19.2. The predicted octanol–water partition coefficient (Wildman–Crippen LogP) is 4.52. The summed E-state index contributed by atoms with van der Waals surface area (Å²) in [6, 6.07) is 10.1. The number of imidazole rings is 1. The van der Waals surface area contributed by atoms with Crippen LogP contribution >= 0.6 is 11.6 Å². The number of nitrogens with one attached hydrogen (secondary N) is 1. The molecule has 1 N–H and O–H groups in total. The van der Waals surface area contributed by atoms with Crippen LogP contribution in [0, 0.1) is 0 Å². The van der Waals surface area contributed by atoms with Crippen LogP contribution in [-0.4, -0.2) is 34.7 Å². The van der Waals surface area contributed by atoms with Crippen molar-refractivity contribution in [2.45, 2.75) is 52.6 Å². The number of H-pyrrole nitrogens is 1. The fraction of sp³-hybridized carbons (Fsp3) is 0.348. The molecule has 0 aliphatic rings. The number of halogens is 1. The van der Waals surface area contributed by atoms with Gasteiger partial charge in [0.25, 0.3) is 0 Å². The monoisotopic (exact) mass is 451 g/mol. The van der Waals surface area contributed by atoms with Gasteiger partial charge >= 0.3 is 5.69 Å². The van der Waals surface area contributed by atoms with E-state index in [1.807, 2.05) is 41.8 Å². The number of nitrogens with zero attached hydrogens (tertiary/aromatic N) is 6. The molecule has 0 saturated heterocycles. The maximum absolute atomic E-state index is 13.2. The van der Waals surface area contributed by atoms with E-state index in [1.54, 1.807) is 17.0 Å². The zero-order valence-electron chi connectivity index (χ0n) is 18.4. The number of hydrogen-bond donors (Lipinski definition) is 1. The number of benzene rings is 1. The first-order valence-electron chi connectivity index (χ1n) is 10.8. The molecule has 1 aromatic carbocycles. The van der Waals surface area contributed by atoms with Crippen LogP contribution in [0.15, 0.2) is 47.5 Å². The van der Waals surface area contributed by atoms with Crippen LogP contribution in [0.3, 0.4) is 0 Å². The molecule has 1 atom stereocenters. The Bertz CT molecular complexity index is 1240.